The Morgan fingerprint density at radius 3 is 1.71 bits per heavy atom. The molecule has 0 aromatic rings. The second kappa shape index (κ2) is 3.29. The first-order chi connectivity index (χ1) is 6.12. The second-order valence-corrected chi connectivity index (χ2v) is 3.47. The summed E-state index contributed by atoms with van der Waals surface area (Å²) in [6, 6.07) is -1.96. The summed E-state index contributed by atoms with van der Waals surface area (Å²) in [4.78, 5) is 0.707. The third kappa shape index (κ3) is 2.31. The van der Waals surface area contributed by atoms with E-state index in [1.54, 1.807) is 0 Å². The Balaban J connectivity index is 2.70. The molecule has 1 nitrogen and oxygen atoms in total. The van der Waals surface area contributed by atoms with E-state index in [2.05, 4.69) is 0 Å². The highest BCUT2D eigenvalue weighted by atomic mass is 19.4. The van der Waals surface area contributed by atoms with Crippen LogP contribution in [0, 0.1) is 5.92 Å². The maximum absolute atomic E-state index is 12.2. The highest BCUT2D eigenvalue weighted by Gasteiger charge is 2.54. The molecule has 1 aliphatic rings. The van der Waals surface area contributed by atoms with Gasteiger partial charge in [-0.15, -0.1) is 0 Å². The Morgan fingerprint density at radius 2 is 1.50 bits per heavy atom. The summed E-state index contributed by atoms with van der Waals surface area (Å²) in [6.07, 6.45) is -9.99. The molecule has 84 valence electrons. The number of halogens is 6. The molecule has 14 heavy (non-hydrogen) atoms. The number of hydrogen-bond acceptors (Lipinski definition) is 1. The van der Waals surface area contributed by atoms with Crippen molar-refractivity contribution in [2.24, 2.45) is 5.92 Å². The lowest BCUT2D eigenvalue weighted by Crippen LogP contribution is -2.38. The Kier molecular flexibility index (Phi) is 2.73. The molecular weight excluding hydrogens is 212 g/mol. The van der Waals surface area contributed by atoms with Gasteiger partial charge in [0.2, 0.25) is 0 Å². The molecule has 1 rings (SSSR count). The van der Waals surface area contributed by atoms with Crippen molar-refractivity contribution in [3.63, 3.8) is 0 Å². The zero-order valence-corrected chi connectivity index (χ0v) is 7.28. The molecule has 2 unspecified atom stereocenters. The zero-order valence-electron chi connectivity index (χ0n) is 7.28. The normalized spacial score (nSPS) is 31.1. The summed E-state index contributed by atoms with van der Waals surface area (Å²) in [5.41, 5.74) is 0. The van der Waals surface area contributed by atoms with Crippen molar-refractivity contribution in [2.45, 2.75) is 24.8 Å². The quantitative estimate of drug-likeness (QED) is 0.568. The summed E-state index contributed by atoms with van der Waals surface area (Å²) in [5.74, 6) is -1.86. The molecule has 0 aliphatic carbocycles. The summed E-state index contributed by atoms with van der Waals surface area (Å²) < 4.78 is 72.8. The van der Waals surface area contributed by atoms with Gasteiger partial charge >= 0.3 is 12.4 Å². The first-order valence-corrected chi connectivity index (χ1v) is 3.96. The average Bonchev–Trinajstić information content (AvgIpc) is 2.27. The van der Waals surface area contributed by atoms with Crippen LogP contribution in [0.4, 0.5) is 26.3 Å². The van der Waals surface area contributed by atoms with Crippen LogP contribution in [0.25, 0.3) is 0 Å². The van der Waals surface area contributed by atoms with Crippen LogP contribution in [0.3, 0.4) is 0 Å². The predicted octanol–water partition coefficient (Wildman–Crippen LogP) is 2.43. The van der Waals surface area contributed by atoms with Gasteiger partial charge in [-0.2, -0.15) is 26.3 Å². The zero-order chi connectivity index (χ0) is 11.1. The van der Waals surface area contributed by atoms with E-state index in [1.807, 2.05) is 0 Å². The van der Waals surface area contributed by atoms with E-state index in [0.29, 0.717) is 4.90 Å². The fourth-order valence-corrected chi connectivity index (χ4v) is 1.62. The lowest BCUT2D eigenvalue weighted by atomic mass is 10.1. The van der Waals surface area contributed by atoms with E-state index >= 15 is 0 Å². The minimum atomic E-state index is -4.57. The van der Waals surface area contributed by atoms with E-state index in [-0.39, 0.29) is 0 Å². The van der Waals surface area contributed by atoms with Crippen molar-refractivity contribution < 1.29 is 26.3 Å². The first-order valence-electron chi connectivity index (χ1n) is 3.96. The molecule has 0 bridgehead atoms. The van der Waals surface area contributed by atoms with Crippen molar-refractivity contribution >= 4 is 0 Å². The van der Waals surface area contributed by atoms with E-state index in [1.165, 1.54) is 0 Å². The van der Waals surface area contributed by atoms with E-state index < -0.39 is 37.3 Å². The Bertz CT molecular complexity index is 207. The maximum atomic E-state index is 12.2. The van der Waals surface area contributed by atoms with Crippen LogP contribution in [0.1, 0.15) is 6.42 Å². The monoisotopic (exact) mass is 221 g/mol. The fraction of sp³-hybridized carbons (Fsp3) is 1.00. The van der Waals surface area contributed by atoms with Crippen molar-refractivity contribution in [2.75, 3.05) is 13.6 Å². The number of likely N-dealkylation sites (tertiary alicyclic amines) is 1. The third-order valence-corrected chi connectivity index (χ3v) is 2.39. The Labute approximate surface area is 76.7 Å². The van der Waals surface area contributed by atoms with Gasteiger partial charge in [0, 0.05) is 6.54 Å². The summed E-state index contributed by atoms with van der Waals surface area (Å²) in [7, 11) is 1.06. The van der Waals surface area contributed by atoms with Gasteiger partial charge in [-0.05, 0) is 13.5 Å². The molecule has 7 heteroatoms. The molecule has 2 atom stereocenters. The van der Waals surface area contributed by atoms with E-state index in [0.717, 1.165) is 7.05 Å². The molecular formula is C7H9F6N. The molecule has 0 saturated carbocycles. The van der Waals surface area contributed by atoms with Crippen LogP contribution >= 0.6 is 0 Å². The van der Waals surface area contributed by atoms with Gasteiger partial charge in [0.1, 0.15) is 6.04 Å². The van der Waals surface area contributed by atoms with E-state index in [4.69, 9.17) is 0 Å². The predicted molar refractivity (Wildman–Crippen MR) is 36.6 cm³/mol. The molecule has 0 aromatic carbocycles. The van der Waals surface area contributed by atoms with Gasteiger partial charge in [-0.1, -0.05) is 0 Å². The number of alkyl halides is 6. The SMILES string of the molecule is CN1CC(C(F)(F)F)CC1C(F)(F)F. The van der Waals surface area contributed by atoms with Crippen LogP contribution in [0.5, 0.6) is 0 Å². The van der Waals surface area contributed by atoms with E-state index in [9.17, 15) is 26.3 Å². The lowest BCUT2D eigenvalue weighted by molar-refractivity contribution is -0.181. The minimum absolute atomic E-state index is 0.576. The van der Waals surface area contributed by atoms with Gasteiger partial charge in [0.25, 0.3) is 0 Å². The standard InChI is InChI=1S/C7H9F6N/c1-14-3-4(6(8,9)10)2-5(14)7(11,12)13/h4-5H,2-3H2,1H3. The lowest BCUT2D eigenvalue weighted by Gasteiger charge is -2.21. The highest BCUT2D eigenvalue weighted by molar-refractivity contribution is 4.90. The second-order valence-electron chi connectivity index (χ2n) is 3.47. The van der Waals surface area contributed by atoms with Crippen molar-refractivity contribution in [1.82, 2.24) is 4.90 Å². The Hall–Kier alpha value is -0.460. The number of rotatable bonds is 0. The molecule has 0 radical (unpaired) electrons. The summed E-state index contributed by atoms with van der Waals surface area (Å²) >= 11 is 0. The van der Waals surface area contributed by atoms with Crippen LogP contribution in [-0.2, 0) is 0 Å². The van der Waals surface area contributed by atoms with Gasteiger partial charge in [-0.25, -0.2) is 0 Å². The highest BCUT2D eigenvalue weighted by Crippen LogP contribution is 2.41. The van der Waals surface area contributed by atoms with Gasteiger partial charge in [0.15, 0.2) is 0 Å². The molecule has 0 N–H and O–H groups in total. The molecule has 1 fully saturated rings. The fourth-order valence-electron chi connectivity index (χ4n) is 1.62. The van der Waals surface area contributed by atoms with Crippen LogP contribution < -0.4 is 0 Å². The van der Waals surface area contributed by atoms with Gasteiger partial charge in [-0.3, -0.25) is 4.90 Å². The van der Waals surface area contributed by atoms with Gasteiger partial charge in [0.05, 0.1) is 5.92 Å². The van der Waals surface area contributed by atoms with Crippen LogP contribution in [0.2, 0.25) is 0 Å². The van der Waals surface area contributed by atoms with Crippen LogP contribution in [-0.4, -0.2) is 36.9 Å². The maximum Gasteiger partial charge on any atom is 0.404 e. The smallest absolute Gasteiger partial charge is 0.295 e. The molecule has 0 amide bonds. The first kappa shape index (κ1) is 11.6. The molecule has 1 aliphatic heterocycles. The molecule has 1 heterocycles. The minimum Gasteiger partial charge on any atom is -0.295 e. The van der Waals surface area contributed by atoms with Crippen molar-refractivity contribution in [3.05, 3.63) is 0 Å². The molecule has 0 aromatic heterocycles. The largest absolute Gasteiger partial charge is 0.404 e. The Morgan fingerprint density at radius 1 is 1.00 bits per heavy atom. The van der Waals surface area contributed by atoms with Crippen LogP contribution in [0.15, 0.2) is 0 Å². The molecule has 0 spiro atoms. The van der Waals surface area contributed by atoms with Crippen molar-refractivity contribution in [3.8, 4) is 0 Å². The number of nitrogens with zero attached hydrogens (tertiary/aromatic N) is 1. The molecule has 1 saturated heterocycles. The summed E-state index contributed by atoms with van der Waals surface area (Å²) in [5, 5.41) is 0. The average molecular weight is 221 g/mol. The third-order valence-electron chi connectivity index (χ3n) is 2.39. The topological polar surface area (TPSA) is 3.24 Å². The van der Waals surface area contributed by atoms with Crippen molar-refractivity contribution in [1.29, 1.82) is 0 Å². The summed E-state index contributed by atoms with van der Waals surface area (Å²) in [6.45, 7) is -0.576. The van der Waals surface area contributed by atoms with Gasteiger partial charge < -0.3 is 0 Å². The number of hydrogen-bond donors (Lipinski definition) is 0.